The van der Waals surface area contributed by atoms with Crippen molar-refractivity contribution < 1.29 is 9.59 Å². The maximum atomic E-state index is 13.2. The van der Waals surface area contributed by atoms with Gasteiger partial charge in [-0.05, 0) is 49.3 Å². The predicted molar refractivity (Wildman–Crippen MR) is 114 cm³/mol. The molecule has 0 spiro atoms. The van der Waals surface area contributed by atoms with Crippen LogP contribution in [-0.4, -0.2) is 62.4 Å². The van der Waals surface area contributed by atoms with Gasteiger partial charge in [-0.2, -0.15) is 0 Å². The second kappa shape index (κ2) is 8.18. The van der Waals surface area contributed by atoms with Crippen LogP contribution in [0.25, 0.3) is 5.65 Å². The van der Waals surface area contributed by atoms with E-state index in [0.717, 1.165) is 48.6 Å². The van der Waals surface area contributed by atoms with Crippen LogP contribution in [0.15, 0.2) is 41.9 Å². The maximum Gasteiger partial charge on any atom is 0.263 e. The molecule has 0 aromatic carbocycles. The van der Waals surface area contributed by atoms with E-state index in [-0.39, 0.29) is 23.7 Å². The van der Waals surface area contributed by atoms with Crippen LogP contribution < -0.4 is 0 Å². The monoisotopic (exact) mass is 423 g/mol. The van der Waals surface area contributed by atoms with Gasteiger partial charge in [-0.15, -0.1) is 21.5 Å². The van der Waals surface area contributed by atoms with Crippen LogP contribution in [0.2, 0.25) is 0 Å². The molecule has 156 valence electrons. The molecule has 2 fully saturated rings. The summed E-state index contributed by atoms with van der Waals surface area (Å²) < 4.78 is 2.04. The van der Waals surface area contributed by atoms with Crippen LogP contribution in [-0.2, 0) is 4.79 Å². The van der Waals surface area contributed by atoms with Gasteiger partial charge in [0.25, 0.3) is 5.91 Å². The highest BCUT2D eigenvalue weighted by Crippen LogP contribution is 2.29. The summed E-state index contributed by atoms with van der Waals surface area (Å²) in [7, 11) is 0. The number of carbonyl (C=O) groups is 2. The Kier molecular flexibility index (Phi) is 5.25. The maximum absolute atomic E-state index is 13.2. The quantitative estimate of drug-likeness (QED) is 0.649. The fourth-order valence-electron chi connectivity index (χ4n) is 4.67. The lowest BCUT2D eigenvalue weighted by molar-refractivity contribution is -0.138. The Balaban J connectivity index is 1.22. The molecule has 2 aliphatic heterocycles. The number of hydrogen-bond donors (Lipinski definition) is 0. The molecule has 3 aromatic heterocycles. The van der Waals surface area contributed by atoms with Gasteiger partial charge >= 0.3 is 0 Å². The van der Waals surface area contributed by atoms with Crippen molar-refractivity contribution in [1.82, 2.24) is 24.4 Å². The van der Waals surface area contributed by atoms with E-state index in [4.69, 9.17) is 0 Å². The third-order valence-electron chi connectivity index (χ3n) is 6.30. The number of piperidine rings is 2. The highest BCUT2D eigenvalue weighted by atomic mass is 32.1. The van der Waals surface area contributed by atoms with E-state index < -0.39 is 0 Å². The van der Waals surface area contributed by atoms with E-state index in [1.165, 1.54) is 11.3 Å². The van der Waals surface area contributed by atoms with Gasteiger partial charge in [0.15, 0.2) is 5.65 Å². The van der Waals surface area contributed by atoms with Crippen LogP contribution in [0.5, 0.6) is 0 Å². The summed E-state index contributed by atoms with van der Waals surface area (Å²) in [6, 6.07) is 9.66. The molecule has 5 heterocycles. The number of rotatable bonds is 3. The van der Waals surface area contributed by atoms with Crippen molar-refractivity contribution in [2.45, 2.75) is 31.6 Å². The number of carbonyl (C=O) groups excluding carboxylic acids is 2. The number of fused-ring (bicyclic) bond motifs is 1. The van der Waals surface area contributed by atoms with Crippen LogP contribution in [0.1, 0.15) is 47.1 Å². The number of likely N-dealkylation sites (tertiary alicyclic amines) is 2. The zero-order valence-electron chi connectivity index (χ0n) is 16.8. The van der Waals surface area contributed by atoms with Crippen molar-refractivity contribution in [1.29, 1.82) is 0 Å². The Morgan fingerprint density at radius 2 is 1.83 bits per heavy atom. The molecule has 3 aromatic rings. The van der Waals surface area contributed by atoms with Crippen LogP contribution >= 0.6 is 11.3 Å². The summed E-state index contributed by atoms with van der Waals surface area (Å²) in [4.78, 5) is 30.4. The topological polar surface area (TPSA) is 70.8 Å². The van der Waals surface area contributed by atoms with Gasteiger partial charge in [0.05, 0.1) is 4.88 Å². The van der Waals surface area contributed by atoms with Gasteiger partial charge in [0, 0.05) is 44.2 Å². The second-order valence-electron chi connectivity index (χ2n) is 8.15. The summed E-state index contributed by atoms with van der Waals surface area (Å²) >= 11 is 1.47. The zero-order chi connectivity index (χ0) is 20.5. The molecule has 0 N–H and O–H groups in total. The lowest BCUT2D eigenvalue weighted by Crippen LogP contribution is -2.47. The summed E-state index contributed by atoms with van der Waals surface area (Å²) in [5, 5.41) is 10.6. The van der Waals surface area contributed by atoms with E-state index in [1.807, 2.05) is 56.1 Å². The first kappa shape index (κ1) is 19.2. The normalized spacial score (nSPS) is 20.6. The predicted octanol–water partition coefficient (Wildman–Crippen LogP) is 3.05. The lowest BCUT2D eigenvalue weighted by atomic mass is 9.92. The molecule has 2 saturated heterocycles. The Labute approximate surface area is 179 Å². The van der Waals surface area contributed by atoms with Crippen molar-refractivity contribution in [3.05, 3.63) is 52.6 Å². The zero-order valence-corrected chi connectivity index (χ0v) is 17.6. The van der Waals surface area contributed by atoms with Crippen LogP contribution in [0.3, 0.4) is 0 Å². The molecule has 0 saturated carbocycles. The first-order valence-electron chi connectivity index (χ1n) is 10.6. The molecule has 2 amide bonds. The van der Waals surface area contributed by atoms with Crippen molar-refractivity contribution in [2.75, 3.05) is 26.2 Å². The van der Waals surface area contributed by atoms with Gasteiger partial charge in [0.2, 0.25) is 5.91 Å². The van der Waals surface area contributed by atoms with E-state index >= 15 is 0 Å². The van der Waals surface area contributed by atoms with Gasteiger partial charge in [-0.3, -0.25) is 14.0 Å². The minimum absolute atomic E-state index is 0.00581. The van der Waals surface area contributed by atoms with E-state index in [0.29, 0.717) is 19.6 Å². The molecule has 7 nitrogen and oxygen atoms in total. The Hall–Kier alpha value is -2.74. The highest BCUT2D eigenvalue weighted by Gasteiger charge is 2.34. The molecule has 0 aliphatic carbocycles. The summed E-state index contributed by atoms with van der Waals surface area (Å²) in [5.41, 5.74) is 0.846. The van der Waals surface area contributed by atoms with Gasteiger partial charge < -0.3 is 9.80 Å². The molecule has 0 unspecified atom stereocenters. The summed E-state index contributed by atoms with van der Waals surface area (Å²) in [5.74, 6) is 1.48. The molecule has 5 rings (SSSR count). The fourth-order valence-corrected chi connectivity index (χ4v) is 5.36. The number of aromatic nitrogens is 3. The molecule has 2 aliphatic rings. The number of hydrogen-bond acceptors (Lipinski definition) is 5. The molecule has 0 bridgehead atoms. The molecule has 8 heteroatoms. The van der Waals surface area contributed by atoms with Crippen molar-refractivity contribution in [3.8, 4) is 0 Å². The Morgan fingerprint density at radius 3 is 2.63 bits per heavy atom. The smallest absolute Gasteiger partial charge is 0.263 e. The molecule has 0 radical (unpaired) electrons. The number of nitrogens with zero attached hydrogens (tertiary/aromatic N) is 5. The van der Waals surface area contributed by atoms with E-state index in [1.54, 1.807) is 0 Å². The van der Waals surface area contributed by atoms with Crippen LogP contribution in [0.4, 0.5) is 0 Å². The average molecular weight is 424 g/mol. The molecular weight excluding hydrogens is 398 g/mol. The first-order chi connectivity index (χ1) is 14.7. The van der Waals surface area contributed by atoms with E-state index in [2.05, 4.69) is 10.2 Å². The van der Waals surface area contributed by atoms with Crippen molar-refractivity contribution in [3.63, 3.8) is 0 Å². The standard InChI is InChI=1S/C22H25N5O2S/c28-21(16-8-12-25(13-9-16)22(29)18-6-4-14-30-18)26-10-3-5-17(15-26)20-24-23-19-7-1-2-11-27(19)20/h1-2,4,6-7,11,14,16-17H,3,5,8-10,12-13,15H2/t17-/m1/s1. The third-order valence-corrected chi connectivity index (χ3v) is 7.16. The van der Waals surface area contributed by atoms with Crippen molar-refractivity contribution in [2.24, 2.45) is 5.92 Å². The number of pyridine rings is 1. The van der Waals surface area contributed by atoms with Crippen LogP contribution in [0, 0.1) is 5.92 Å². The molecule has 1 atom stereocenters. The Bertz CT molecular complexity index is 1040. The van der Waals surface area contributed by atoms with Gasteiger partial charge in [-0.25, -0.2) is 0 Å². The van der Waals surface area contributed by atoms with E-state index in [9.17, 15) is 9.59 Å². The molecule has 30 heavy (non-hydrogen) atoms. The largest absolute Gasteiger partial charge is 0.342 e. The fraction of sp³-hybridized carbons (Fsp3) is 0.455. The lowest BCUT2D eigenvalue weighted by Gasteiger charge is -2.37. The molecular formula is C22H25N5O2S. The summed E-state index contributed by atoms with van der Waals surface area (Å²) in [6.45, 7) is 2.81. The second-order valence-corrected chi connectivity index (χ2v) is 9.10. The third kappa shape index (κ3) is 3.60. The summed E-state index contributed by atoms with van der Waals surface area (Å²) in [6.07, 6.45) is 5.48. The SMILES string of the molecule is O=C(c1cccs1)N1CCC(C(=O)N2CCC[C@@H](c3nnc4ccccn34)C2)CC1. The minimum Gasteiger partial charge on any atom is -0.342 e. The number of thiophene rings is 1. The van der Waals surface area contributed by atoms with Crippen molar-refractivity contribution >= 4 is 28.8 Å². The number of amides is 2. The Morgan fingerprint density at radius 1 is 0.967 bits per heavy atom. The highest BCUT2D eigenvalue weighted by molar-refractivity contribution is 7.12. The average Bonchev–Trinajstić information content (AvgIpc) is 3.49. The van der Waals surface area contributed by atoms with Gasteiger partial charge in [0.1, 0.15) is 5.82 Å². The minimum atomic E-state index is 0.00581. The first-order valence-corrected chi connectivity index (χ1v) is 11.5. The van der Waals surface area contributed by atoms with Gasteiger partial charge in [-0.1, -0.05) is 12.1 Å².